The van der Waals surface area contributed by atoms with Gasteiger partial charge in [-0.25, -0.2) is 0 Å². The van der Waals surface area contributed by atoms with Gasteiger partial charge in [0.15, 0.2) is 0 Å². The smallest absolute Gasteiger partial charge is 0.322 e. The van der Waals surface area contributed by atoms with Gasteiger partial charge in [0.2, 0.25) is 5.91 Å². The van der Waals surface area contributed by atoms with Crippen LogP contribution in [0.3, 0.4) is 0 Å². The number of nitrogens with one attached hydrogen (secondary N) is 1. The van der Waals surface area contributed by atoms with Crippen LogP contribution in [-0.4, -0.2) is 23.5 Å². The van der Waals surface area contributed by atoms with E-state index in [2.05, 4.69) is 35.1 Å². The number of carbonyl (C=O) groups is 2. The first-order valence-corrected chi connectivity index (χ1v) is 7.41. The Morgan fingerprint density at radius 2 is 2.05 bits per heavy atom. The van der Waals surface area contributed by atoms with E-state index in [1.807, 2.05) is 24.3 Å². The largest absolute Gasteiger partial charge is 0.480 e. The zero-order valence-electron chi connectivity index (χ0n) is 11.7. The number of carboxylic acids is 1. The van der Waals surface area contributed by atoms with Crippen molar-refractivity contribution >= 4 is 27.8 Å². The zero-order chi connectivity index (χ0) is 15.1. The molecule has 4 nitrogen and oxygen atoms in total. The third-order valence-corrected chi connectivity index (χ3v) is 3.40. The summed E-state index contributed by atoms with van der Waals surface area (Å²) < 4.78 is 0.976. The second kappa shape index (κ2) is 8.04. The molecule has 1 rings (SSSR count). The normalized spacial score (nSPS) is 12.2. The van der Waals surface area contributed by atoms with Gasteiger partial charge in [-0.2, -0.15) is 0 Å². The maximum Gasteiger partial charge on any atom is 0.322 e. The molecule has 0 heterocycles. The van der Waals surface area contributed by atoms with Crippen LogP contribution in [0.4, 0.5) is 0 Å². The Bertz CT molecular complexity index is 474. The third-order valence-electron chi connectivity index (χ3n) is 2.91. The standard InChI is InChI=1S/C15H20BrNO3/c1-10(2)6-12(15(20)17-9-14(18)19)7-11-4-3-5-13(16)8-11/h3-5,8,10,12H,6-7,9H2,1-2H3,(H,17,20)(H,18,19). The number of benzene rings is 1. The summed E-state index contributed by atoms with van der Waals surface area (Å²) in [6.45, 7) is 3.78. The van der Waals surface area contributed by atoms with E-state index in [-0.39, 0.29) is 18.4 Å². The van der Waals surface area contributed by atoms with Crippen molar-refractivity contribution in [3.63, 3.8) is 0 Å². The number of rotatable bonds is 7. The van der Waals surface area contributed by atoms with Gasteiger partial charge in [0, 0.05) is 10.4 Å². The van der Waals surface area contributed by atoms with Crippen LogP contribution in [-0.2, 0) is 16.0 Å². The molecule has 0 fully saturated rings. The maximum absolute atomic E-state index is 12.1. The van der Waals surface area contributed by atoms with Gasteiger partial charge in [0.25, 0.3) is 0 Å². The van der Waals surface area contributed by atoms with Crippen LogP contribution in [0.25, 0.3) is 0 Å². The van der Waals surface area contributed by atoms with Crippen molar-refractivity contribution in [3.05, 3.63) is 34.3 Å². The monoisotopic (exact) mass is 341 g/mol. The van der Waals surface area contributed by atoms with Crippen molar-refractivity contribution in [2.24, 2.45) is 11.8 Å². The molecule has 1 aromatic carbocycles. The lowest BCUT2D eigenvalue weighted by Crippen LogP contribution is -2.36. The highest BCUT2D eigenvalue weighted by atomic mass is 79.9. The molecule has 20 heavy (non-hydrogen) atoms. The van der Waals surface area contributed by atoms with Crippen LogP contribution in [0.15, 0.2) is 28.7 Å². The van der Waals surface area contributed by atoms with E-state index in [1.165, 1.54) is 0 Å². The van der Waals surface area contributed by atoms with Crippen LogP contribution in [0, 0.1) is 11.8 Å². The Hall–Kier alpha value is -1.36. The molecule has 0 aliphatic carbocycles. The van der Waals surface area contributed by atoms with E-state index in [9.17, 15) is 9.59 Å². The molecule has 0 aliphatic rings. The van der Waals surface area contributed by atoms with Crippen LogP contribution in [0.1, 0.15) is 25.8 Å². The zero-order valence-corrected chi connectivity index (χ0v) is 13.3. The van der Waals surface area contributed by atoms with Crippen molar-refractivity contribution in [3.8, 4) is 0 Å². The molecule has 110 valence electrons. The van der Waals surface area contributed by atoms with E-state index in [4.69, 9.17) is 5.11 Å². The first kappa shape index (κ1) is 16.7. The second-order valence-electron chi connectivity index (χ2n) is 5.27. The van der Waals surface area contributed by atoms with E-state index < -0.39 is 5.97 Å². The molecular formula is C15H20BrNO3. The van der Waals surface area contributed by atoms with Gasteiger partial charge in [0.1, 0.15) is 6.54 Å². The van der Waals surface area contributed by atoms with Crippen molar-refractivity contribution in [1.29, 1.82) is 0 Å². The molecule has 0 aromatic heterocycles. The Morgan fingerprint density at radius 3 is 2.60 bits per heavy atom. The highest BCUT2D eigenvalue weighted by Crippen LogP contribution is 2.20. The van der Waals surface area contributed by atoms with Gasteiger partial charge in [-0.15, -0.1) is 0 Å². The van der Waals surface area contributed by atoms with Gasteiger partial charge in [-0.05, 0) is 36.5 Å². The highest BCUT2D eigenvalue weighted by Gasteiger charge is 2.20. The molecular weight excluding hydrogens is 322 g/mol. The third kappa shape index (κ3) is 6.19. The summed E-state index contributed by atoms with van der Waals surface area (Å²) in [6, 6.07) is 7.83. The van der Waals surface area contributed by atoms with Crippen LogP contribution < -0.4 is 5.32 Å². The minimum absolute atomic E-state index is 0.193. The summed E-state index contributed by atoms with van der Waals surface area (Å²) >= 11 is 3.41. The number of amides is 1. The lowest BCUT2D eigenvalue weighted by atomic mass is 9.90. The number of aliphatic carboxylic acids is 1. The van der Waals surface area contributed by atoms with Crippen LogP contribution >= 0.6 is 15.9 Å². The minimum atomic E-state index is -1.02. The average Bonchev–Trinajstić information content (AvgIpc) is 2.34. The van der Waals surface area contributed by atoms with Crippen LogP contribution in [0.2, 0.25) is 0 Å². The predicted molar refractivity (Wildman–Crippen MR) is 81.4 cm³/mol. The van der Waals surface area contributed by atoms with Gasteiger partial charge in [-0.3, -0.25) is 9.59 Å². The summed E-state index contributed by atoms with van der Waals surface area (Å²) in [5.41, 5.74) is 1.07. The summed E-state index contributed by atoms with van der Waals surface area (Å²) in [5, 5.41) is 11.1. The van der Waals surface area contributed by atoms with Crippen molar-refractivity contribution in [2.75, 3.05) is 6.54 Å². The molecule has 0 spiro atoms. The number of hydrogen-bond acceptors (Lipinski definition) is 2. The highest BCUT2D eigenvalue weighted by molar-refractivity contribution is 9.10. The first-order valence-electron chi connectivity index (χ1n) is 6.62. The molecule has 0 saturated carbocycles. The molecule has 2 N–H and O–H groups in total. The molecule has 0 radical (unpaired) electrons. The topological polar surface area (TPSA) is 66.4 Å². The molecule has 1 amide bonds. The number of carbonyl (C=O) groups excluding carboxylic acids is 1. The number of hydrogen-bond donors (Lipinski definition) is 2. The molecule has 0 bridgehead atoms. The Balaban J connectivity index is 2.73. The lowest BCUT2D eigenvalue weighted by Gasteiger charge is -2.18. The van der Waals surface area contributed by atoms with E-state index >= 15 is 0 Å². The van der Waals surface area contributed by atoms with Gasteiger partial charge < -0.3 is 10.4 Å². The number of halogens is 1. The quantitative estimate of drug-likeness (QED) is 0.801. The summed E-state index contributed by atoms with van der Waals surface area (Å²) in [5.74, 6) is -1.04. The maximum atomic E-state index is 12.1. The van der Waals surface area contributed by atoms with Gasteiger partial charge >= 0.3 is 5.97 Å². The fourth-order valence-electron chi connectivity index (χ4n) is 2.11. The van der Waals surface area contributed by atoms with Gasteiger partial charge in [-0.1, -0.05) is 41.9 Å². The molecule has 1 aromatic rings. The Kier molecular flexibility index (Phi) is 6.71. The summed E-state index contributed by atoms with van der Waals surface area (Å²) in [4.78, 5) is 22.6. The Labute approximate surface area is 127 Å². The fourth-order valence-corrected chi connectivity index (χ4v) is 2.55. The van der Waals surface area contributed by atoms with E-state index in [0.29, 0.717) is 12.3 Å². The lowest BCUT2D eigenvalue weighted by molar-refractivity contribution is -0.138. The van der Waals surface area contributed by atoms with Crippen molar-refractivity contribution in [2.45, 2.75) is 26.7 Å². The van der Waals surface area contributed by atoms with E-state index in [0.717, 1.165) is 16.5 Å². The molecule has 1 atom stereocenters. The minimum Gasteiger partial charge on any atom is -0.480 e. The second-order valence-corrected chi connectivity index (χ2v) is 6.19. The van der Waals surface area contributed by atoms with Crippen LogP contribution in [0.5, 0.6) is 0 Å². The average molecular weight is 342 g/mol. The fraction of sp³-hybridized carbons (Fsp3) is 0.467. The SMILES string of the molecule is CC(C)CC(Cc1cccc(Br)c1)C(=O)NCC(=O)O. The predicted octanol–water partition coefficient (Wildman–Crippen LogP) is 2.85. The molecule has 1 unspecified atom stereocenters. The van der Waals surface area contributed by atoms with Crippen molar-refractivity contribution < 1.29 is 14.7 Å². The molecule has 0 aliphatic heterocycles. The van der Waals surface area contributed by atoms with Crippen molar-refractivity contribution in [1.82, 2.24) is 5.32 Å². The Morgan fingerprint density at radius 1 is 1.35 bits per heavy atom. The summed E-state index contributed by atoms with van der Waals surface area (Å²) in [6.07, 6.45) is 1.35. The summed E-state index contributed by atoms with van der Waals surface area (Å²) in [7, 11) is 0. The van der Waals surface area contributed by atoms with E-state index in [1.54, 1.807) is 0 Å². The molecule has 0 saturated heterocycles. The first-order chi connectivity index (χ1) is 9.38. The molecule has 5 heteroatoms. The van der Waals surface area contributed by atoms with Gasteiger partial charge in [0.05, 0.1) is 0 Å². The number of carboxylic acid groups (broad SMARTS) is 1.